The summed E-state index contributed by atoms with van der Waals surface area (Å²) in [5, 5.41) is 8.85. The quantitative estimate of drug-likeness (QED) is 0.847. The largest absolute Gasteiger partial charge is 0.319 e. The van der Waals surface area contributed by atoms with E-state index in [4.69, 9.17) is 0 Å². The summed E-state index contributed by atoms with van der Waals surface area (Å²) in [6, 6.07) is 6.11. The Bertz CT molecular complexity index is 570. The van der Waals surface area contributed by atoms with Gasteiger partial charge in [-0.2, -0.15) is 8.78 Å². The lowest BCUT2D eigenvalue weighted by Crippen LogP contribution is -2.13. The number of aromatic nitrogens is 3. The number of halogens is 2. The smallest absolute Gasteiger partial charge is 0.295 e. The summed E-state index contributed by atoms with van der Waals surface area (Å²) in [4.78, 5) is 16.0. The van der Waals surface area contributed by atoms with E-state index in [2.05, 4.69) is 20.5 Å². The Kier molecular flexibility index (Phi) is 4.10. The van der Waals surface area contributed by atoms with Crippen molar-refractivity contribution in [1.29, 1.82) is 0 Å². The zero-order valence-electron chi connectivity index (χ0n) is 9.85. The minimum atomic E-state index is -2.46. The van der Waals surface area contributed by atoms with Crippen molar-refractivity contribution >= 4 is 23.4 Å². The average molecular weight is 284 g/mol. The molecule has 0 fully saturated rings. The van der Waals surface area contributed by atoms with Gasteiger partial charge in [-0.1, -0.05) is 11.8 Å². The lowest BCUT2D eigenvalue weighted by Gasteiger charge is -2.04. The van der Waals surface area contributed by atoms with Gasteiger partial charge in [-0.05, 0) is 31.2 Å². The summed E-state index contributed by atoms with van der Waals surface area (Å²) in [5.74, 6) is -2.35. The Hall–Kier alpha value is -1.96. The fourth-order valence-corrected chi connectivity index (χ4v) is 1.85. The number of carbonyl (C=O) groups is 1. The number of hydrogen-bond acceptors (Lipinski definition) is 4. The number of carbonyl (C=O) groups excluding carboxylic acids is 1. The third-order valence-electron chi connectivity index (χ3n) is 2.14. The lowest BCUT2D eigenvalue weighted by molar-refractivity contribution is 0.101. The Balaban J connectivity index is 2.01. The molecule has 1 amide bonds. The molecule has 8 heteroatoms. The maximum Gasteiger partial charge on any atom is 0.295 e. The number of anilines is 1. The predicted octanol–water partition coefficient (Wildman–Crippen LogP) is 2.68. The molecule has 1 aromatic heterocycles. The summed E-state index contributed by atoms with van der Waals surface area (Å²) in [5.41, 5.74) is 0.492. The Labute approximate surface area is 111 Å². The van der Waals surface area contributed by atoms with Crippen molar-refractivity contribution in [3.8, 4) is 0 Å². The Morgan fingerprint density at radius 3 is 2.58 bits per heavy atom. The summed E-state index contributed by atoms with van der Waals surface area (Å²) in [6.07, 6.45) is 0. The highest BCUT2D eigenvalue weighted by Crippen LogP contribution is 2.26. The van der Waals surface area contributed by atoms with Crippen LogP contribution >= 0.6 is 11.8 Å². The van der Waals surface area contributed by atoms with Crippen molar-refractivity contribution in [3.05, 3.63) is 35.9 Å². The highest BCUT2D eigenvalue weighted by atomic mass is 32.2. The number of nitrogens with zero attached hydrogens (tertiary/aromatic N) is 2. The first-order valence-corrected chi connectivity index (χ1v) is 6.18. The minimum absolute atomic E-state index is 0.0310. The fourth-order valence-electron chi connectivity index (χ4n) is 1.35. The fraction of sp³-hybridized carbons (Fsp3) is 0.182. The molecule has 0 saturated heterocycles. The zero-order valence-corrected chi connectivity index (χ0v) is 10.7. The van der Waals surface area contributed by atoms with E-state index in [1.54, 1.807) is 19.1 Å². The number of alkyl halides is 2. The van der Waals surface area contributed by atoms with E-state index < -0.39 is 11.7 Å². The second-order valence-corrected chi connectivity index (χ2v) is 4.66. The van der Waals surface area contributed by atoms with Crippen LogP contribution in [0.2, 0.25) is 0 Å². The van der Waals surface area contributed by atoms with E-state index in [0.29, 0.717) is 28.2 Å². The van der Waals surface area contributed by atoms with Gasteiger partial charge in [0, 0.05) is 10.6 Å². The van der Waals surface area contributed by atoms with Crippen molar-refractivity contribution in [1.82, 2.24) is 15.2 Å². The van der Waals surface area contributed by atoms with E-state index in [9.17, 15) is 13.6 Å². The molecule has 0 aliphatic heterocycles. The number of nitrogens with one attached hydrogen (secondary N) is 2. The van der Waals surface area contributed by atoms with Crippen molar-refractivity contribution in [3.63, 3.8) is 0 Å². The average Bonchev–Trinajstić information content (AvgIpc) is 2.78. The first kappa shape index (κ1) is 13.5. The molecule has 0 radical (unpaired) electrons. The molecule has 0 aliphatic carbocycles. The summed E-state index contributed by atoms with van der Waals surface area (Å²) >= 11 is 0.450. The van der Waals surface area contributed by atoms with Gasteiger partial charge in [0.05, 0.1) is 0 Å². The molecular weight excluding hydrogens is 274 g/mol. The second kappa shape index (κ2) is 5.79. The van der Waals surface area contributed by atoms with Gasteiger partial charge in [0.25, 0.3) is 11.7 Å². The summed E-state index contributed by atoms with van der Waals surface area (Å²) < 4.78 is 24.3. The van der Waals surface area contributed by atoms with E-state index in [0.717, 1.165) is 0 Å². The van der Waals surface area contributed by atoms with Crippen molar-refractivity contribution in [2.45, 2.75) is 17.6 Å². The molecule has 0 atom stereocenters. The molecule has 0 spiro atoms. The van der Waals surface area contributed by atoms with Crippen LogP contribution in [0.15, 0.2) is 29.2 Å². The number of rotatable bonds is 4. The van der Waals surface area contributed by atoms with Crippen LogP contribution < -0.4 is 5.32 Å². The molecule has 19 heavy (non-hydrogen) atoms. The van der Waals surface area contributed by atoms with Gasteiger partial charge in [-0.25, -0.2) is 4.98 Å². The van der Waals surface area contributed by atoms with Crippen LogP contribution in [0.25, 0.3) is 0 Å². The molecule has 0 saturated carbocycles. The standard InChI is InChI=1S/C11H10F2N4OS/c1-6-14-9(17-16-6)10(18)15-7-2-4-8(5-3-7)19-11(12)13/h2-5,11H,1H3,(H,15,18)(H,14,16,17). The molecular formula is C11H10F2N4OS. The number of aromatic amines is 1. The number of H-pyrrole nitrogens is 1. The van der Waals surface area contributed by atoms with Crippen LogP contribution in [0.3, 0.4) is 0 Å². The maximum atomic E-state index is 12.1. The van der Waals surface area contributed by atoms with Gasteiger partial charge in [0.1, 0.15) is 5.82 Å². The molecule has 0 bridgehead atoms. The number of thioether (sulfide) groups is 1. The van der Waals surface area contributed by atoms with E-state index in [-0.39, 0.29) is 5.82 Å². The topological polar surface area (TPSA) is 70.7 Å². The number of benzene rings is 1. The zero-order chi connectivity index (χ0) is 13.8. The SMILES string of the molecule is Cc1nc(C(=O)Nc2ccc(SC(F)F)cc2)n[nH]1. The van der Waals surface area contributed by atoms with Crippen LogP contribution in [-0.4, -0.2) is 26.8 Å². The molecule has 0 aliphatic rings. The molecule has 100 valence electrons. The molecule has 1 aromatic carbocycles. The Morgan fingerprint density at radius 2 is 2.05 bits per heavy atom. The highest BCUT2D eigenvalue weighted by Gasteiger charge is 2.11. The van der Waals surface area contributed by atoms with Crippen LogP contribution in [0.1, 0.15) is 16.4 Å². The molecule has 2 N–H and O–H groups in total. The Morgan fingerprint density at radius 1 is 1.37 bits per heavy atom. The van der Waals surface area contributed by atoms with Gasteiger partial charge in [0.2, 0.25) is 5.82 Å². The van der Waals surface area contributed by atoms with Gasteiger partial charge in [-0.15, -0.1) is 5.10 Å². The van der Waals surface area contributed by atoms with Gasteiger partial charge >= 0.3 is 0 Å². The molecule has 0 unspecified atom stereocenters. The van der Waals surface area contributed by atoms with Crippen molar-refractivity contribution < 1.29 is 13.6 Å². The van der Waals surface area contributed by atoms with E-state index in [1.165, 1.54) is 12.1 Å². The van der Waals surface area contributed by atoms with E-state index >= 15 is 0 Å². The van der Waals surface area contributed by atoms with Crippen LogP contribution in [0, 0.1) is 6.92 Å². The maximum absolute atomic E-state index is 12.1. The number of amides is 1. The van der Waals surface area contributed by atoms with Crippen LogP contribution in [-0.2, 0) is 0 Å². The monoisotopic (exact) mass is 284 g/mol. The summed E-state index contributed by atoms with van der Waals surface area (Å²) in [6.45, 7) is 1.68. The van der Waals surface area contributed by atoms with Crippen molar-refractivity contribution in [2.24, 2.45) is 0 Å². The molecule has 1 heterocycles. The van der Waals surface area contributed by atoms with Crippen LogP contribution in [0.5, 0.6) is 0 Å². The predicted molar refractivity (Wildman–Crippen MR) is 67.4 cm³/mol. The third kappa shape index (κ3) is 3.75. The first-order valence-electron chi connectivity index (χ1n) is 5.30. The molecule has 2 rings (SSSR count). The van der Waals surface area contributed by atoms with E-state index in [1.807, 2.05) is 0 Å². The highest BCUT2D eigenvalue weighted by molar-refractivity contribution is 7.99. The second-order valence-electron chi connectivity index (χ2n) is 3.60. The third-order valence-corrected chi connectivity index (χ3v) is 2.86. The molecule has 5 nitrogen and oxygen atoms in total. The van der Waals surface area contributed by atoms with Gasteiger partial charge < -0.3 is 5.32 Å². The number of hydrogen-bond donors (Lipinski definition) is 2. The normalized spacial score (nSPS) is 10.7. The van der Waals surface area contributed by atoms with Crippen LogP contribution in [0.4, 0.5) is 14.5 Å². The summed E-state index contributed by atoms with van der Waals surface area (Å²) in [7, 11) is 0. The lowest BCUT2D eigenvalue weighted by atomic mass is 10.3. The first-order chi connectivity index (χ1) is 9.04. The minimum Gasteiger partial charge on any atom is -0.319 e. The van der Waals surface area contributed by atoms with Crippen molar-refractivity contribution in [2.75, 3.05) is 5.32 Å². The van der Waals surface area contributed by atoms with Gasteiger partial charge in [-0.3, -0.25) is 9.89 Å². The molecule has 2 aromatic rings. The number of aryl methyl sites for hydroxylation is 1. The van der Waals surface area contributed by atoms with Gasteiger partial charge in [0.15, 0.2) is 0 Å².